The third kappa shape index (κ3) is 3.48. The molecular formula is C22H17N5OS. The lowest BCUT2D eigenvalue weighted by Gasteiger charge is -2.10. The first-order valence-corrected chi connectivity index (χ1v) is 10.2. The quantitative estimate of drug-likeness (QED) is 0.424. The second kappa shape index (κ2) is 7.44. The number of hydrogen-bond acceptors (Lipinski definition) is 4. The molecule has 2 N–H and O–H groups in total. The van der Waals surface area contributed by atoms with E-state index in [1.807, 2.05) is 72.8 Å². The number of rotatable bonds is 5. The SMILES string of the molecule is O=C(Nn1cnc2ccccc21)c1ccccc1CSc1nc2ccccc2[nH]1. The molecule has 0 fully saturated rings. The van der Waals surface area contributed by atoms with E-state index in [4.69, 9.17) is 0 Å². The summed E-state index contributed by atoms with van der Waals surface area (Å²) in [5.41, 5.74) is 8.14. The second-order valence-electron chi connectivity index (χ2n) is 6.55. The summed E-state index contributed by atoms with van der Waals surface area (Å²) in [5.74, 6) is 0.461. The molecule has 0 unspecified atom stereocenters. The summed E-state index contributed by atoms with van der Waals surface area (Å²) in [7, 11) is 0. The topological polar surface area (TPSA) is 75.6 Å². The summed E-state index contributed by atoms with van der Waals surface area (Å²) < 4.78 is 1.65. The van der Waals surface area contributed by atoms with Crippen LogP contribution in [0.2, 0.25) is 0 Å². The van der Waals surface area contributed by atoms with Gasteiger partial charge in [-0.05, 0) is 35.9 Å². The molecule has 0 aliphatic rings. The van der Waals surface area contributed by atoms with Crippen LogP contribution in [0.4, 0.5) is 0 Å². The van der Waals surface area contributed by atoms with E-state index < -0.39 is 0 Å². The smallest absolute Gasteiger partial charge is 0.270 e. The fourth-order valence-electron chi connectivity index (χ4n) is 3.23. The number of fused-ring (bicyclic) bond motifs is 2. The van der Waals surface area contributed by atoms with Crippen LogP contribution in [0.3, 0.4) is 0 Å². The van der Waals surface area contributed by atoms with Crippen molar-refractivity contribution in [2.75, 3.05) is 5.43 Å². The number of H-pyrrole nitrogens is 1. The van der Waals surface area contributed by atoms with Crippen LogP contribution in [0.5, 0.6) is 0 Å². The molecule has 3 aromatic carbocycles. The van der Waals surface area contributed by atoms with E-state index in [2.05, 4.69) is 20.4 Å². The lowest BCUT2D eigenvalue weighted by Crippen LogP contribution is -2.23. The molecule has 0 saturated carbocycles. The standard InChI is InChI=1S/C22H17N5OS/c28-21(26-27-14-23-19-11-5-6-12-20(19)27)16-8-2-1-7-15(16)13-29-22-24-17-9-3-4-10-18(17)25-22/h1-12,14H,13H2,(H,24,25)(H,26,28). The predicted octanol–water partition coefficient (Wildman–Crippen LogP) is 4.59. The van der Waals surface area contributed by atoms with Gasteiger partial charge in [-0.25, -0.2) is 14.6 Å². The number of carbonyl (C=O) groups is 1. The summed E-state index contributed by atoms with van der Waals surface area (Å²) in [6.45, 7) is 0. The zero-order chi connectivity index (χ0) is 19.6. The Morgan fingerprint density at radius 3 is 2.62 bits per heavy atom. The summed E-state index contributed by atoms with van der Waals surface area (Å²) >= 11 is 1.58. The lowest BCUT2D eigenvalue weighted by molar-refractivity contribution is 0.101. The van der Waals surface area contributed by atoms with Crippen LogP contribution >= 0.6 is 11.8 Å². The van der Waals surface area contributed by atoms with Crippen molar-refractivity contribution >= 4 is 39.7 Å². The van der Waals surface area contributed by atoms with E-state index in [-0.39, 0.29) is 5.91 Å². The maximum atomic E-state index is 12.9. The molecular weight excluding hydrogens is 382 g/mol. The first kappa shape index (κ1) is 17.5. The number of aromatic amines is 1. The van der Waals surface area contributed by atoms with Gasteiger partial charge in [-0.2, -0.15) is 0 Å². The van der Waals surface area contributed by atoms with Gasteiger partial charge in [0.25, 0.3) is 5.91 Å². The number of para-hydroxylation sites is 4. The van der Waals surface area contributed by atoms with Gasteiger partial charge >= 0.3 is 0 Å². The summed E-state index contributed by atoms with van der Waals surface area (Å²) in [5, 5.41) is 0.835. The van der Waals surface area contributed by atoms with Gasteiger partial charge in [0.2, 0.25) is 0 Å². The van der Waals surface area contributed by atoms with Crippen molar-refractivity contribution < 1.29 is 4.79 Å². The van der Waals surface area contributed by atoms with E-state index in [1.54, 1.807) is 22.8 Å². The molecule has 0 aliphatic heterocycles. The van der Waals surface area contributed by atoms with Crippen LogP contribution in [-0.4, -0.2) is 25.5 Å². The van der Waals surface area contributed by atoms with Crippen molar-refractivity contribution in [3.05, 3.63) is 90.3 Å². The minimum absolute atomic E-state index is 0.172. The van der Waals surface area contributed by atoms with Crippen LogP contribution in [0, 0.1) is 0 Å². The van der Waals surface area contributed by atoms with Gasteiger partial charge in [-0.1, -0.05) is 54.2 Å². The number of nitrogens with zero attached hydrogens (tertiary/aromatic N) is 3. The Balaban J connectivity index is 1.36. The molecule has 0 bridgehead atoms. The van der Waals surface area contributed by atoms with E-state index in [0.29, 0.717) is 11.3 Å². The molecule has 6 nitrogen and oxygen atoms in total. The van der Waals surface area contributed by atoms with Gasteiger partial charge < -0.3 is 4.98 Å². The molecule has 2 aromatic heterocycles. The Morgan fingerprint density at radius 1 is 0.966 bits per heavy atom. The zero-order valence-corrected chi connectivity index (χ0v) is 16.2. The maximum Gasteiger partial charge on any atom is 0.270 e. The second-order valence-corrected chi connectivity index (χ2v) is 7.51. The molecule has 0 saturated heterocycles. The van der Waals surface area contributed by atoms with Gasteiger partial charge in [-0.15, -0.1) is 0 Å². The van der Waals surface area contributed by atoms with E-state index >= 15 is 0 Å². The highest BCUT2D eigenvalue weighted by Gasteiger charge is 2.13. The van der Waals surface area contributed by atoms with Gasteiger partial charge in [0.1, 0.15) is 6.33 Å². The largest absolute Gasteiger partial charge is 0.333 e. The Hall–Kier alpha value is -3.58. The molecule has 142 valence electrons. The van der Waals surface area contributed by atoms with Crippen molar-refractivity contribution in [2.45, 2.75) is 10.9 Å². The van der Waals surface area contributed by atoms with Crippen molar-refractivity contribution in [1.82, 2.24) is 19.6 Å². The highest BCUT2D eigenvalue weighted by atomic mass is 32.2. The van der Waals surface area contributed by atoms with E-state index in [1.165, 1.54) is 0 Å². The lowest BCUT2D eigenvalue weighted by atomic mass is 10.1. The highest BCUT2D eigenvalue weighted by molar-refractivity contribution is 7.98. The van der Waals surface area contributed by atoms with Crippen LogP contribution in [0.25, 0.3) is 22.1 Å². The molecule has 7 heteroatoms. The summed E-state index contributed by atoms with van der Waals surface area (Å²) in [6.07, 6.45) is 1.62. The maximum absolute atomic E-state index is 12.9. The Kier molecular flexibility index (Phi) is 4.50. The molecule has 0 spiro atoms. The van der Waals surface area contributed by atoms with Crippen molar-refractivity contribution in [1.29, 1.82) is 0 Å². The van der Waals surface area contributed by atoms with Crippen LogP contribution in [0.1, 0.15) is 15.9 Å². The molecule has 5 rings (SSSR count). The average Bonchev–Trinajstić information content (AvgIpc) is 3.36. The average molecular weight is 399 g/mol. The molecule has 0 atom stereocenters. The van der Waals surface area contributed by atoms with Crippen molar-refractivity contribution in [3.63, 3.8) is 0 Å². The number of hydrogen-bond donors (Lipinski definition) is 2. The molecule has 29 heavy (non-hydrogen) atoms. The van der Waals surface area contributed by atoms with Crippen molar-refractivity contribution in [2.24, 2.45) is 0 Å². The van der Waals surface area contributed by atoms with Crippen LogP contribution in [-0.2, 0) is 5.75 Å². The van der Waals surface area contributed by atoms with Crippen molar-refractivity contribution in [3.8, 4) is 0 Å². The van der Waals surface area contributed by atoms with Crippen LogP contribution in [0.15, 0.2) is 84.3 Å². The third-order valence-electron chi connectivity index (χ3n) is 4.67. The number of aromatic nitrogens is 4. The number of carbonyl (C=O) groups excluding carboxylic acids is 1. The normalized spacial score (nSPS) is 11.2. The monoisotopic (exact) mass is 399 g/mol. The Bertz CT molecular complexity index is 1290. The number of benzene rings is 3. The van der Waals surface area contributed by atoms with Gasteiger partial charge in [-0.3, -0.25) is 10.2 Å². The first-order valence-electron chi connectivity index (χ1n) is 9.17. The number of imidazole rings is 2. The fourth-order valence-corrected chi connectivity index (χ4v) is 4.12. The number of amides is 1. The minimum Gasteiger partial charge on any atom is -0.333 e. The Labute approximate surface area is 171 Å². The highest BCUT2D eigenvalue weighted by Crippen LogP contribution is 2.25. The summed E-state index contributed by atoms with van der Waals surface area (Å²) in [6, 6.07) is 23.2. The van der Waals surface area contributed by atoms with E-state index in [9.17, 15) is 4.79 Å². The fraction of sp³-hybridized carbons (Fsp3) is 0.0455. The third-order valence-corrected chi connectivity index (χ3v) is 5.59. The molecule has 1 amide bonds. The minimum atomic E-state index is -0.172. The Morgan fingerprint density at radius 2 is 1.72 bits per heavy atom. The molecule has 5 aromatic rings. The molecule has 2 heterocycles. The van der Waals surface area contributed by atoms with Gasteiger partial charge in [0.15, 0.2) is 5.16 Å². The zero-order valence-electron chi connectivity index (χ0n) is 15.4. The number of thioether (sulfide) groups is 1. The molecule has 0 radical (unpaired) electrons. The van der Waals surface area contributed by atoms with Gasteiger partial charge in [0.05, 0.1) is 22.1 Å². The first-order chi connectivity index (χ1) is 14.3. The number of nitrogens with one attached hydrogen (secondary N) is 2. The van der Waals surface area contributed by atoms with Crippen LogP contribution < -0.4 is 5.43 Å². The van der Waals surface area contributed by atoms with E-state index in [0.717, 1.165) is 32.8 Å². The predicted molar refractivity (Wildman–Crippen MR) is 116 cm³/mol. The van der Waals surface area contributed by atoms with Gasteiger partial charge in [0, 0.05) is 11.3 Å². The molecule has 0 aliphatic carbocycles. The summed E-state index contributed by atoms with van der Waals surface area (Å²) in [4.78, 5) is 25.2.